The Hall–Kier alpha value is -3.11. The molecule has 0 fully saturated rings. The maximum absolute atomic E-state index is 13.7. The number of hydrogen-bond donors (Lipinski definition) is 1. The van der Waals surface area contributed by atoms with Crippen molar-refractivity contribution in [2.75, 3.05) is 0 Å². The first kappa shape index (κ1) is 27.5. The molecule has 36 heavy (non-hydrogen) atoms. The molecule has 0 saturated carbocycles. The Kier molecular flexibility index (Phi) is 10.1. The van der Waals surface area contributed by atoms with E-state index in [1.807, 2.05) is 68.4 Å². The fourth-order valence-electron chi connectivity index (χ4n) is 4.19. The van der Waals surface area contributed by atoms with Gasteiger partial charge in [0, 0.05) is 30.5 Å². The van der Waals surface area contributed by atoms with Crippen molar-refractivity contribution in [1.29, 1.82) is 0 Å². The van der Waals surface area contributed by atoms with Gasteiger partial charge in [-0.1, -0.05) is 92.2 Å². The highest BCUT2D eigenvalue weighted by molar-refractivity contribution is 6.30. The molecule has 5 heteroatoms. The van der Waals surface area contributed by atoms with Crippen molar-refractivity contribution in [3.05, 3.63) is 106 Å². The van der Waals surface area contributed by atoms with E-state index in [4.69, 9.17) is 11.6 Å². The van der Waals surface area contributed by atoms with Crippen LogP contribution in [0.3, 0.4) is 0 Å². The Balaban J connectivity index is 1.87. The monoisotopic (exact) mass is 504 g/mol. The van der Waals surface area contributed by atoms with Gasteiger partial charge in [0.1, 0.15) is 6.04 Å². The third-order valence-corrected chi connectivity index (χ3v) is 6.49. The summed E-state index contributed by atoms with van der Waals surface area (Å²) in [5, 5.41) is 3.67. The number of amides is 2. The molecule has 3 aromatic carbocycles. The van der Waals surface area contributed by atoms with Gasteiger partial charge in [0.05, 0.1) is 0 Å². The van der Waals surface area contributed by atoms with Crippen LogP contribution < -0.4 is 5.32 Å². The van der Waals surface area contributed by atoms with Gasteiger partial charge in [-0.2, -0.15) is 0 Å². The molecule has 0 radical (unpaired) electrons. The molecule has 4 nitrogen and oxygen atoms in total. The summed E-state index contributed by atoms with van der Waals surface area (Å²) in [6, 6.07) is 25.1. The summed E-state index contributed by atoms with van der Waals surface area (Å²) in [5.41, 5.74) is 4.34. The lowest BCUT2D eigenvalue weighted by molar-refractivity contribution is -0.141. The first-order valence-corrected chi connectivity index (χ1v) is 13.1. The molecule has 0 unspecified atom stereocenters. The molecule has 1 N–H and O–H groups in total. The molecular formula is C31H37ClN2O2. The summed E-state index contributed by atoms with van der Waals surface area (Å²) >= 11 is 6.09. The summed E-state index contributed by atoms with van der Waals surface area (Å²) in [4.78, 5) is 28.8. The summed E-state index contributed by atoms with van der Waals surface area (Å²) in [6.07, 6.45) is 1.40. The zero-order chi connectivity index (χ0) is 26.1. The van der Waals surface area contributed by atoms with E-state index in [-0.39, 0.29) is 17.9 Å². The average molecular weight is 505 g/mol. The number of aryl methyl sites for hydroxylation is 1. The second-order valence-corrected chi connectivity index (χ2v) is 10.3. The summed E-state index contributed by atoms with van der Waals surface area (Å²) in [6.45, 7) is 8.54. The SMILES string of the molecule is CC(C)NC(=O)[C@@H](Cc1ccccc1)N(Cc1ccc(Cl)cc1)C(=O)CCc1ccc(C(C)C)cc1. The number of halogens is 1. The van der Waals surface area contributed by atoms with Crippen molar-refractivity contribution < 1.29 is 9.59 Å². The van der Waals surface area contributed by atoms with Crippen LogP contribution in [0, 0.1) is 0 Å². The lowest BCUT2D eigenvalue weighted by atomic mass is 9.99. The lowest BCUT2D eigenvalue weighted by Crippen LogP contribution is -2.51. The number of carbonyl (C=O) groups is 2. The largest absolute Gasteiger partial charge is 0.352 e. The molecule has 0 heterocycles. The summed E-state index contributed by atoms with van der Waals surface area (Å²) in [7, 11) is 0. The van der Waals surface area contributed by atoms with Crippen LogP contribution in [-0.4, -0.2) is 28.8 Å². The summed E-state index contributed by atoms with van der Waals surface area (Å²) < 4.78 is 0. The molecule has 0 aliphatic rings. The van der Waals surface area contributed by atoms with Gasteiger partial charge in [-0.3, -0.25) is 9.59 Å². The molecule has 0 aliphatic heterocycles. The fourth-order valence-corrected chi connectivity index (χ4v) is 4.31. The van der Waals surface area contributed by atoms with Gasteiger partial charge in [0.2, 0.25) is 11.8 Å². The van der Waals surface area contributed by atoms with Crippen molar-refractivity contribution in [3.8, 4) is 0 Å². The van der Waals surface area contributed by atoms with Crippen LogP contribution in [0.5, 0.6) is 0 Å². The number of nitrogens with one attached hydrogen (secondary N) is 1. The molecular weight excluding hydrogens is 468 g/mol. The number of rotatable bonds is 11. The molecule has 3 aromatic rings. The zero-order valence-corrected chi connectivity index (χ0v) is 22.5. The van der Waals surface area contributed by atoms with E-state index in [0.29, 0.717) is 36.7 Å². The van der Waals surface area contributed by atoms with E-state index in [1.54, 1.807) is 4.90 Å². The topological polar surface area (TPSA) is 49.4 Å². The molecule has 3 rings (SSSR count). The van der Waals surface area contributed by atoms with Crippen LogP contribution in [0.15, 0.2) is 78.9 Å². The quantitative estimate of drug-likeness (QED) is 0.321. The predicted molar refractivity (Wildman–Crippen MR) is 148 cm³/mol. The van der Waals surface area contributed by atoms with Crippen LogP contribution in [-0.2, 0) is 29.0 Å². The molecule has 0 saturated heterocycles. The minimum absolute atomic E-state index is 0.0253. The minimum Gasteiger partial charge on any atom is -0.352 e. The van der Waals surface area contributed by atoms with Crippen LogP contribution >= 0.6 is 11.6 Å². The molecule has 0 spiro atoms. The highest BCUT2D eigenvalue weighted by Gasteiger charge is 2.30. The second-order valence-electron chi connectivity index (χ2n) is 9.91. The lowest BCUT2D eigenvalue weighted by Gasteiger charge is -2.32. The standard InChI is InChI=1S/C31H37ClN2O2/c1-22(2)27-15-10-24(11-16-27)14-19-30(35)34(21-26-12-17-28(32)18-13-26)29(31(36)33-23(3)4)20-25-8-6-5-7-9-25/h5-13,15-18,22-23,29H,14,19-21H2,1-4H3,(H,33,36)/t29-/m1/s1. The van der Waals surface area contributed by atoms with Gasteiger partial charge in [-0.05, 0) is 60.6 Å². The van der Waals surface area contributed by atoms with Crippen molar-refractivity contribution in [1.82, 2.24) is 10.2 Å². The highest BCUT2D eigenvalue weighted by atomic mass is 35.5. The maximum atomic E-state index is 13.7. The summed E-state index contributed by atoms with van der Waals surface area (Å²) in [5.74, 6) is 0.281. The van der Waals surface area contributed by atoms with Gasteiger partial charge in [-0.25, -0.2) is 0 Å². The van der Waals surface area contributed by atoms with E-state index < -0.39 is 6.04 Å². The van der Waals surface area contributed by atoms with Gasteiger partial charge in [-0.15, -0.1) is 0 Å². The van der Waals surface area contributed by atoms with Crippen LogP contribution in [0.4, 0.5) is 0 Å². The van der Waals surface area contributed by atoms with Crippen molar-refractivity contribution in [2.45, 2.75) is 71.5 Å². The fraction of sp³-hybridized carbons (Fsp3) is 0.355. The zero-order valence-electron chi connectivity index (χ0n) is 21.7. The van der Waals surface area contributed by atoms with Gasteiger partial charge >= 0.3 is 0 Å². The molecule has 1 atom stereocenters. The first-order valence-electron chi connectivity index (χ1n) is 12.7. The number of carbonyl (C=O) groups excluding carboxylic acids is 2. The third kappa shape index (κ3) is 8.23. The molecule has 190 valence electrons. The second kappa shape index (κ2) is 13.3. The third-order valence-electron chi connectivity index (χ3n) is 6.24. The van der Waals surface area contributed by atoms with Gasteiger partial charge < -0.3 is 10.2 Å². The molecule has 0 bridgehead atoms. The molecule has 0 aromatic heterocycles. The average Bonchev–Trinajstić information content (AvgIpc) is 2.86. The van der Waals surface area contributed by atoms with E-state index in [0.717, 1.165) is 16.7 Å². The molecule has 0 aliphatic carbocycles. The maximum Gasteiger partial charge on any atom is 0.243 e. The Labute approximate surface area is 220 Å². The Morgan fingerprint density at radius 3 is 2.00 bits per heavy atom. The van der Waals surface area contributed by atoms with Crippen LogP contribution in [0.2, 0.25) is 5.02 Å². The molecule has 2 amide bonds. The van der Waals surface area contributed by atoms with Gasteiger partial charge in [0.15, 0.2) is 0 Å². The van der Waals surface area contributed by atoms with Crippen LogP contribution in [0.1, 0.15) is 62.3 Å². The number of nitrogens with zero attached hydrogens (tertiary/aromatic N) is 1. The van der Waals surface area contributed by atoms with Crippen molar-refractivity contribution in [3.63, 3.8) is 0 Å². The first-order chi connectivity index (χ1) is 17.2. The van der Waals surface area contributed by atoms with Gasteiger partial charge in [0.25, 0.3) is 0 Å². The predicted octanol–water partition coefficient (Wildman–Crippen LogP) is 6.56. The van der Waals surface area contributed by atoms with E-state index in [1.165, 1.54) is 5.56 Å². The number of benzene rings is 3. The Morgan fingerprint density at radius 2 is 1.42 bits per heavy atom. The number of hydrogen-bond acceptors (Lipinski definition) is 2. The van der Waals surface area contributed by atoms with E-state index >= 15 is 0 Å². The van der Waals surface area contributed by atoms with Crippen LogP contribution in [0.25, 0.3) is 0 Å². The van der Waals surface area contributed by atoms with Crippen molar-refractivity contribution in [2.24, 2.45) is 0 Å². The van der Waals surface area contributed by atoms with Crippen molar-refractivity contribution >= 4 is 23.4 Å². The minimum atomic E-state index is -0.624. The van der Waals surface area contributed by atoms with E-state index in [2.05, 4.69) is 43.4 Å². The Morgan fingerprint density at radius 1 is 0.806 bits per heavy atom. The normalized spacial score (nSPS) is 12.0. The Bertz CT molecular complexity index is 1110. The van der Waals surface area contributed by atoms with E-state index in [9.17, 15) is 9.59 Å². The smallest absolute Gasteiger partial charge is 0.243 e. The highest BCUT2D eigenvalue weighted by Crippen LogP contribution is 2.20.